The zero-order valence-electron chi connectivity index (χ0n) is 15.2. The molecule has 0 bridgehead atoms. The van der Waals surface area contributed by atoms with Crippen molar-refractivity contribution in [3.8, 4) is 11.5 Å². The summed E-state index contributed by atoms with van der Waals surface area (Å²) in [5.41, 5.74) is 0.937. The van der Waals surface area contributed by atoms with E-state index in [9.17, 15) is 4.79 Å². The van der Waals surface area contributed by atoms with Crippen molar-refractivity contribution in [2.24, 2.45) is 0 Å². The third-order valence-electron chi connectivity index (χ3n) is 3.63. The van der Waals surface area contributed by atoms with E-state index in [-0.39, 0.29) is 5.91 Å². The predicted molar refractivity (Wildman–Crippen MR) is 110 cm³/mol. The first kappa shape index (κ1) is 20.6. The Bertz CT molecular complexity index is 739. The number of hydrogen-bond acceptors (Lipinski definition) is 3. The van der Waals surface area contributed by atoms with Crippen molar-refractivity contribution in [2.45, 2.75) is 12.8 Å². The zero-order chi connectivity index (χ0) is 19.3. The summed E-state index contributed by atoms with van der Waals surface area (Å²) >= 11 is 5.82. The molecule has 1 amide bonds. The van der Waals surface area contributed by atoms with Gasteiger partial charge in [-0.1, -0.05) is 36.4 Å². The Kier molecular flexibility index (Phi) is 9.01. The Morgan fingerprint density at radius 3 is 2.37 bits per heavy atom. The van der Waals surface area contributed by atoms with Crippen LogP contribution >= 0.6 is 11.6 Å². The number of benzene rings is 2. The molecule has 0 unspecified atom stereocenters. The van der Waals surface area contributed by atoms with Gasteiger partial charge in [-0.2, -0.15) is 0 Å². The molecule has 27 heavy (non-hydrogen) atoms. The summed E-state index contributed by atoms with van der Waals surface area (Å²) in [5, 5.41) is 3.55. The Morgan fingerprint density at radius 2 is 1.67 bits per heavy atom. The molecule has 2 rings (SSSR count). The van der Waals surface area contributed by atoms with Gasteiger partial charge in [-0.15, -0.1) is 0 Å². The summed E-state index contributed by atoms with van der Waals surface area (Å²) in [6.07, 6.45) is 6.71. The molecule has 0 aromatic heterocycles. The number of halogens is 1. The number of nitrogens with one attached hydrogen (secondary N) is 1. The highest BCUT2D eigenvalue weighted by atomic mass is 35.5. The number of carbonyl (C=O) groups excluding carboxylic acids is 1. The van der Waals surface area contributed by atoms with Gasteiger partial charge in [0.15, 0.2) is 0 Å². The first-order valence-electron chi connectivity index (χ1n) is 8.85. The molecule has 0 aliphatic heterocycles. The molecule has 0 spiro atoms. The van der Waals surface area contributed by atoms with Crippen LogP contribution in [-0.4, -0.2) is 25.7 Å². The molecule has 0 atom stereocenters. The minimum atomic E-state index is -0.111. The fourth-order valence-corrected chi connectivity index (χ4v) is 2.35. The van der Waals surface area contributed by atoms with Crippen LogP contribution < -0.4 is 14.8 Å². The Morgan fingerprint density at radius 1 is 1.00 bits per heavy atom. The van der Waals surface area contributed by atoms with Gasteiger partial charge in [0.25, 0.3) is 0 Å². The van der Waals surface area contributed by atoms with Crippen LogP contribution in [0.3, 0.4) is 0 Å². The van der Waals surface area contributed by atoms with Crippen molar-refractivity contribution in [2.75, 3.05) is 19.8 Å². The average molecular weight is 386 g/mol. The minimum absolute atomic E-state index is 0.111. The van der Waals surface area contributed by atoms with Gasteiger partial charge in [-0.3, -0.25) is 4.79 Å². The molecule has 2 aromatic rings. The lowest BCUT2D eigenvalue weighted by Gasteiger charge is -2.06. The maximum absolute atomic E-state index is 11.8. The van der Waals surface area contributed by atoms with E-state index in [1.807, 2.05) is 36.4 Å². The van der Waals surface area contributed by atoms with Crippen LogP contribution in [0.2, 0.25) is 5.02 Å². The summed E-state index contributed by atoms with van der Waals surface area (Å²) in [6, 6.07) is 14.8. The molecule has 142 valence electrons. The van der Waals surface area contributed by atoms with Crippen molar-refractivity contribution in [3.05, 3.63) is 77.8 Å². The molecule has 0 heterocycles. The Hall–Kier alpha value is -2.72. The molecule has 0 fully saturated rings. The van der Waals surface area contributed by atoms with Gasteiger partial charge in [0.2, 0.25) is 5.91 Å². The van der Waals surface area contributed by atoms with Crippen LogP contribution in [0.4, 0.5) is 0 Å². The lowest BCUT2D eigenvalue weighted by molar-refractivity contribution is -0.116. The topological polar surface area (TPSA) is 47.6 Å². The van der Waals surface area contributed by atoms with Crippen molar-refractivity contribution < 1.29 is 14.3 Å². The molecule has 0 radical (unpaired) electrons. The van der Waals surface area contributed by atoms with Gasteiger partial charge in [0.05, 0.1) is 6.61 Å². The molecule has 0 saturated carbocycles. The first-order chi connectivity index (χ1) is 13.2. The fraction of sp³-hybridized carbons (Fsp3) is 0.227. The lowest BCUT2D eigenvalue weighted by atomic mass is 10.2. The highest BCUT2D eigenvalue weighted by molar-refractivity contribution is 6.30. The van der Waals surface area contributed by atoms with Gasteiger partial charge in [0.1, 0.15) is 18.1 Å². The molecular formula is C22H24ClNO3. The Labute approximate surface area is 165 Å². The quantitative estimate of drug-likeness (QED) is 0.340. The maximum atomic E-state index is 11.8. The van der Waals surface area contributed by atoms with E-state index in [2.05, 4.69) is 11.9 Å². The van der Waals surface area contributed by atoms with E-state index in [1.165, 1.54) is 6.08 Å². The zero-order valence-corrected chi connectivity index (χ0v) is 16.0. The summed E-state index contributed by atoms with van der Waals surface area (Å²) in [4.78, 5) is 11.8. The van der Waals surface area contributed by atoms with Crippen LogP contribution in [0.25, 0.3) is 6.08 Å². The highest BCUT2D eigenvalue weighted by Crippen LogP contribution is 2.15. The van der Waals surface area contributed by atoms with Gasteiger partial charge < -0.3 is 14.8 Å². The van der Waals surface area contributed by atoms with Crippen molar-refractivity contribution in [3.63, 3.8) is 0 Å². The van der Waals surface area contributed by atoms with Gasteiger partial charge in [-0.05, 0) is 60.9 Å². The molecular weight excluding hydrogens is 362 g/mol. The van der Waals surface area contributed by atoms with E-state index >= 15 is 0 Å². The molecule has 0 aliphatic carbocycles. The monoisotopic (exact) mass is 385 g/mol. The third-order valence-corrected chi connectivity index (χ3v) is 3.88. The molecule has 1 N–H and O–H groups in total. The highest BCUT2D eigenvalue weighted by Gasteiger charge is 1.98. The summed E-state index contributed by atoms with van der Waals surface area (Å²) in [7, 11) is 0. The van der Waals surface area contributed by atoms with Crippen LogP contribution in [0.1, 0.15) is 18.4 Å². The standard InChI is InChI=1S/C22H24ClNO3/c1-2-16-26-20-10-5-18(6-11-20)7-14-22(25)24-15-3-4-17-27-21-12-8-19(23)9-13-21/h2,5-14H,1,3-4,15-17H2,(H,24,25)/b14-7+. The van der Waals surface area contributed by atoms with Crippen LogP contribution in [0.5, 0.6) is 11.5 Å². The predicted octanol–water partition coefficient (Wildman–Crippen LogP) is 4.89. The molecule has 0 saturated heterocycles. The summed E-state index contributed by atoms with van der Waals surface area (Å²) in [6.45, 7) is 5.30. The van der Waals surface area contributed by atoms with E-state index in [4.69, 9.17) is 21.1 Å². The second-order valence-corrected chi connectivity index (χ2v) is 6.24. The Balaban J connectivity index is 1.59. The smallest absolute Gasteiger partial charge is 0.243 e. The largest absolute Gasteiger partial charge is 0.494 e. The van der Waals surface area contributed by atoms with Gasteiger partial charge in [0, 0.05) is 17.6 Å². The molecule has 5 heteroatoms. The molecule has 2 aromatic carbocycles. The average Bonchev–Trinajstić information content (AvgIpc) is 2.69. The van der Waals surface area contributed by atoms with E-state index in [0.717, 1.165) is 29.9 Å². The summed E-state index contributed by atoms with van der Waals surface area (Å²) in [5.74, 6) is 1.46. The SMILES string of the molecule is C=CCOc1ccc(/C=C/C(=O)NCCCCOc2ccc(Cl)cc2)cc1. The number of amides is 1. The van der Waals surface area contributed by atoms with Crippen LogP contribution in [0.15, 0.2) is 67.3 Å². The van der Waals surface area contributed by atoms with Crippen LogP contribution in [0, 0.1) is 0 Å². The number of ether oxygens (including phenoxy) is 2. The number of carbonyl (C=O) groups is 1. The number of rotatable bonds is 11. The number of hydrogen-bond donors (Lipinski definition) is 1. The van der Waals surface area contributed by atoms with Crippen LogP contribution in [-0.2, 0) is 4.79 Å². The normalized spacial score (nSPS) is 10.6. The van der Waals surface area contributed by atoms with E-state index < -0.39 is 0 Å². The van der Waals surface area contributed by atoms with Crippen molar-refractivity contribution in [1.29, 1.82) is 0 Å². The number of unbranched alkanes of at least 4 members (excludes halogenated alkanes) is 1. The fourth-order valence-electron chi connectivity index (χ4n) is 2.22. The van der Waals surface area contributed by atoms with E-state index in [0.29, 0.717) is 24.8 Å². The third kappa shape index (κ3) is 8.47. The second kappa shape index (κ2) is 11.8. The van der Waals surface area contributed by atoms with Crippen molar-refractivity contribution >= 4 is 23.6 Å². The molecule has 0 aliphatic rings. The first-order valence-corrected chi connectivity index (χ1v) is 9.23. The minimum Gasteiger partial charge on any atom is -0.494 e. The second-order valence-electron chi connectivity index (χ2n) is 5.80. The van der Waals surface area contributed by atoms with E-state index in [1.54, 1.807) is 24.3 Å². The maximum Gasteiger partial charge on any atom is 0.243 e. The molecule has 4 nitrogen and oxygen atoms in total. The van der Waals surface area contributed by atoms with Gasteiger partial charge in [-0.25, -0.2) is 0 Å². The lowest BCUT2D eigenvalue weighted by Crippen LogP contribution is -2.22. The summed E-state index contributed by atoms with van der Waals surface area (Å²) < 4.78 is 11.0. The van der Waals surface area contributed by atoms with Gasteiger partial charge >= 0.3 is 0 Å². The van der Waals surface area contributed by atoms with Crippen molar-refractivity contribution in [1.82, 2.24) is 5.32 Å².